The van der Waals surface area contributed by atoms with Gasteiger partial charge in [-0.25, -0.2) is 0 Å². The monoisotopic (exact) mass is 271 g/mol. The van der Waals surface area contributed by atoms with E-state index < -0.39 is 17.1 Å². The molecular formula is C14H25NO4. The summed E-state index contributed by atoms with van der Waals surface area (Å²) in [6, 6.07) is 0. The Balaban J connectivity index is 2.82. The third-order valence-electron chi connectivity index (χ3n) is 4.28. The van der Waals surface area contributed by atoms with Crippen LogP contribution in [0.15, 0.2) is 0 Å². The molecule has 0 aliphatic heterocycles. The van der Waals surface area contributed by atoms with E-state index in [1.807, 2.05) is 6.92 Å². The van der Waals surface area contributed by atoms with Crippen LogP contribution in [0.2, 0.25) is 0 Å². The molecule has 0 spiro atoms. The number of nitrogens with one attached hydrogen (secondary N) is 1. The summed E-state index contributed by atoms with van der Waals surface area (Å²) in [6.07, 6.45) is 5.03. The van der Waals surface area contributed by atoms with E-state index in [1.54, 1.807) is 6.92 Å². The minimum atomic E-state index is -0.886. The number of hydrogen-bond acceptors (Lipinski definition) is 3. The smallest absolute Gasteiger partial charge is 0.305 e. The summed E-state index contributed by atoms with van der Waals surface area (Å²) in [7, 11) is 1.51. The van der Waals surface area contributed by atoms with Crippen LogP contribution in [0, 0.1) is 0 Å². The summed E-state index contributed by atoms with van der Waals surface area (Å²) in [5.74, 6) is -1.07. The Kier molecular flexibility index (Phi) is 5.35. The maximum Gasteiger partial charge on any atom is 0.305 e. The second-order valence-corrected chi connectivity index (χ2v) is 5.65. The zero-order valence-corrected chi connectivity index (χ0v) is 12.1. The highest BCUT2D eigenvalue weighted by Crippen LogP contribution is 2.32. The van der Waals surface area contributed by atoms with Crippen LogP contribution in [-0.2, 0) is 14.3 Å². The first kappa shape index (κ1) is 16.0. The highest BCUT2D eigenvalue weighted by Gasteiger charge is 2.40. The molecule has 1 fully saturated rings. The van der Waals surface area contributed by atoms with Crippen LogP contribution in [0.3, 0.4) is 0 Å². The molecule has 0 bridgehead atoms. The Labute approximate surface area is 114 Å². The highest BCUT2D eigenvalue weighted by molar-refractivity contribution is 5.86. The third-order valence-corrected chi connectivity index (χ3v) is 4.28. The van der Waals surface area contributed by atoms with E-state index in [-0.39, 0.29) is 12.3 Å². The van der Waals surface area contributed by atoms with Crippen LogP contribution < -0.4 is 5.32 Å². The maximum absolute atomic E-state index is 12.4. The predicted molar refractivity (Wildman–Crippen MR) is 71.9 cm³/mol. The zero-order chi connectivity index (χ0) is 14.5. The minimum Gasteiger partial charge on any atom is -0.481 e. The van der Waals surface area contributed by atoms with Crippen molar-refractivity contribution >= 4 is 11.9 Å². The molecule has 5 heteroatoms. The molecule has 1 rings (SSSR count). The van der Waals surface area contributed by atoms with Gasteiger partial charge in [0.25, 0.3) is 5.91 Å². The van der Waals surface area contributed by atoms with E-state index >= 15 is 0 Å². The molecule has 1 amide bonds. The van der Waals surface area contributed by atoms with Gasteiger partial charge in [0.05, 0.1) is 12.0 Å². The van der Waals surface area contributed by atoms with Crippen molar-refractivity contribution in [2.45, 2.75) is 69.9 Å². The number of methoxy groups -OCH3 is 1. The largest absolute Gasteiger partial charge is 0.481 e. The number of hydrogen-bond donors (Lipinski definition) is 2. The number of aliphatic carboxylic acids is 1. The molecule has 1 unspecified atom stereocenters. The highest BCUT2D eigenvalue weighted by atomic mass is 16.5. The van der Waals surface area contributed by atoms with Gasteiger partial charge in [-0.2, -0.15) is 0 Å². The lowest BCUT2D eigenvalue weighted by Crippen LogP contribution is -2.57. The SMILES string of the molecule is CCC(C)(OC)C(=O)NC1(CC(=O)O)CCCCC1. The fourth-order valence-electron chi connectivity index (χ4n) is 2.63. The van der Waals surface area contributed by atoms with Crippen molar-refractivity contribution in [1.82, 2.24) is 5.32 Å². The Morgan fingerprint density at radius 1 is 1.32 bits per heavy atom. The molecule has 0 saturated heterocycles. The normalized spacial score (nSPS) is 21.4. The van der Waals surface area contributed by atoms with E-state index in [0.717, 1.165) is 32.1 Å². The van der Waals surface area contributed by atoms with Gasteiger partial charge in [0.1, 0.15) is 5.60 Å². The Morgan fingerprint density at radius 3 is 2.32 bits per heavy atom. The van der Waals surface area contributed by atoms with Crippen LogP contribution in [0.25, 0.3) is 0 Å². The first-order chi connectivity index (χ1) is 8.87. The van der Waals surface area contributed by atoms with E-state index in [4.69, 9.17) is 9.84 Å². The number of amides is 1. The third kappa shape index (κ3) is 3.93. The number of rotatable bonds is 6. The summed E-state index contributed by atoms with van der Waals surface area (Å²) in [6.45, 7) is 3.62. The van der Waals surface area contributed by atoms with Gasteiger partial charge in [-0.1, -0.05) is 26.2 Å². The van der Waals surface area contributed by atoms with E-state index in [1.165, 1.54) is 7.11 Å². The van der Waals surface area contributed by atoms with Crippen LogP contribution in [0.4, 0.5) is 0 Å². The van der Waals surface area contributed by atoms with Gasteiger partial charge >= 0.3 is 5.97 Å². The summed E-state index contributed by atoms with van der Waals surface area (Å²) in [5.41, 5.74) is -1.49. The number of carboxylic acids is 1. The zero-order valence-electron chi connectivity index (χ0n) is 12.1. The Hall–Kier alpha value is -1.10. The molecule has 0 radical (unpaired) electrons. The first-order valence-corrected chi connectivity index (χ1v) is 6.97. The molecule has 1 aliphatic rings. The number of ether oxygens (including phenoxy) is 1. The van der Waals surface area contributed by atoms with Gasteiger partial charge in [0.15, 0.2) is 0 Å². The topological polar surface area (TPSA) is 75.6 Å². The molecule has 110 valence electrons. The molecule has 2 N–H and O–H groups in total. The van der Waals surface area contributed by atoms with Crippen LogP contribution in [0.1, 0.15) is 58.8 Å². The van der Waals surface area contributed by atoms with E-state index in [9.17, 15) is 9.59 Å². The molecule has 1 saturated carbocycles. The molecule has 1 aliphatic carbocycles. The summed E-state index contributed by atoms with van der Waals surface area (Å²) >= 11 is 0. The molecule has 19 heavy (non-hydrogen) atoms. The van der Waals surface area contributed by atoms with Gasteiger partial charge in [0, 0.05) is 7.11 Å². The molecule has 1 atom stereocenters. The minimum absolute atomic E-state index is 0.0117. The molecule has 5 nitrogen and oxygen atoms in total. The van der Waals surface area contributed by atoms with Gasteiger partial charge in [-0.3, -0.25) is 9.59 Å². The van der Waals surface area contributed by atoms with Crippen molar-refractivity contribution < 1.29 is 19.4 Å². The second-order valence-electron chi connectivity index (χ2n) is 5.65. The van der Waals surface area contributed by atoms with Crippen molar-refractivity contribution in [3.63, 3.8) is 0 Å². The summed E-state index contributed by atoms with van der Waals surface area (Å²) < 4.78 is 5.28. The van der Waals surface area contributed by atoms with Gasteiger partial charge < -0.3 is 15.2 Å². The maximum atomic E-state index is 12.4. The average Bonchev–Trinajstić information content (AvgIpc) is 2.37. The first-order valence-electron chi connectivity index (χ1n) is 6.97. The Bertz CT molecular complexity index is 330. The van der Waals surface area contributed by atoms with Crippen molar-refractivity contribution in [3.05, 3.63) is 0 Å². The van der Waals surface area contributed by atoms with Crippen molar-refractivity contribution in [2.75, 3.05) is 7.11 Å². The number of carbonyl (C=O) groups excluding carboxylic acids is 1. The molecule has 0 heterocycles. The molecule has 0 aromatic rings. The lowest BCUT2D eigenvalue weighted by atomic mass is 9.78. The second kappa shape index (κ2) is 6.37. The Morgan fingerprint density at radius 2 is 1.89 bits per heavy atom. The van der Waals surface area contributed by atoms with Gasteiger partial charge in [-0.05, 0) is 26.2 Å². The van der Waals surface area contributed by atoms with Crippen molar-refractivity contribution in [1.29, 1.82) is 0 Å². The van der Waals surface area contributed by atoms with Crippen molar-refractivity contribution in [3.8, 4) is 0 Å². The molecular weight excluding hydrogens is 246 g/mol. The molecule has 0 aromatic heterocycles. The van der Waals surface area contributed by atoms with Crippen LogP contribution >= 0.6 is 0 Å². The van der Waals surface area contributed by atoms with Crippen molar-refractivity contribution in [2.24, 2.45) is 0 Å². The lowest BCUT2D eigenvalue weighted by Gasteiger charge is -2.39. The summed E-state index contributed by atoms with van der Waals surface area (Å²) in [5, 5.41) is 12.0. The standard InChI is InChI=1S/C14H25NO4/c1-4-13(2,19-3)12(18)15-14(10-11(16)17)8-6-5-7-9-14/h4-10H2,1-3H3,(H,15,18)(H,16,17). The predicted octanol–water partition coefficient (Wildman–Crippen LogP) is 2.10. The van der Waals surface area contributed by atoms with Crippen LogP contribution in [0.5, 0.6) is 0 Å². The number of carbonyl (C=O) groups is 2. The van der Waals surface area contributed by atoms with Crippen LogP contribution in [-0.4, -0.2) is 35.2 Å². The van der Waals surface area contributed by atoms with Gasteiger partial charge in [0.2, 0.25) is 0 Å². The number of carboxylic acid groups (broad SMARTS) is 1. The quantitative estimate of drug-likeness (QED) is 0.775. The fourth-order valence-corrected chi connectivity index (χ4v) is 2.63. The summed E-state index contributed by atoms with van der Waals surface area (Å²) in [4.78, 5) is 23.4. The molecule has 0 aromatic carbocycles. The average molecular weight is 271 g/mol. The van der Waals surface area contributed by atoms with E-state index in [0.29, 0.717) is 6.42 Å². The lowest BCUT2D eigenvalue weighted by molar-refractivity contribution is -0.146. The van der Waals surface area contributed by atoms with Gasteiger partial charge in [-0.15, -0.1) is 0 Å². The fraction of sp³-hybridized carbons (Fsp3) is 0.857. The van der Waals surface area contributed by atoms with E-state index in [2.05, 4.69) is 5.32 Å².